The lowest BCUT2D eigenvalue weighted by atomic mass is 10.1. The molecule has 2 atom stereocenters. The quantitative estimate of drug-likeness (QED) is 0.855. The van der Waals surface area contributed by atoms with Crippen LogP contribution in [-0.4, -0.2) is 22.9 Å². The van der Waals surface area contributed by atoms with Gasteiger partial charge in [-0.3, -0.25) is 10.1 Å². The third-order valence-corrected chi connectivity index (χ3v) is 3.97. The highest BCUT2D eigenvalue weighted by molar-refractivity contribution is 7.99. The molecule has 1 heterocycles. The van der Waals surface area contributed by atoms with Crippen LogP contribution in [0.15, 0.2) is 18.2 Å². The van der Waals surface area contributed by atoms with Crippen LogP contribution in [0.25, 0.3) is 0 Å². The molecule has 1 aromatic rings. The van der Waals surface area contributed by atoms with E-state index in [4.69, 9.17) is 10.4 Å². The van der Waals surface area contributed by atoms with Crippen LogP contribution in [0, 0.1) is 17.1 Å². The Labute approximate surface area is 108 Å². The first kappa shape index (κ1) is 12.9. The number of nitrogens with one attached hydrogen (secondary N) is 1. The Balaban J connectivity index is 2.21. The highest BCUT2D eigenvalue weighted by atomic mass is 32.2. The fourth-order valence-electron chi connectivity index (χ4n) is 1.80. The predicted molar refractivity (Wildman–Crippen MR) is 65.5 cm³/mol. The van der Waals surface area contributed by atoms with E-state index in [1.807, 2.05) is 0 Å². The Morgan fingerprint density at radius 1 is 1.61 bits per heavy atom. The van der Waals surface area contributed by atoms with E-state index in [0.29, 0.717) is 12.2 Å². The van der Waals surface area contributed by atoms with Crippen LogP contribution >= 0.6 is 11.8 Å². The Bertz CT molecular complexity index is 515. The van der Waals surface area contributed by atoms with E-state index < -0.39 is 17.8 Å². The van der Waals surface area contributed by atoms with Crippen LogP contribution in [0.3, 0.4) is 0 Å². The number of carboxylic acids is 1. The van der Waals surface area contributed by atoms with Crippen molar-refractivity contribution >= 4 is 17.7 Å². The summed E-state index contributed by atoms with van der Waals surface area (Å²) in [5.41, 5.74) is 0.705. The highest BCUT2D eigenvalue weighted by Crippen LogP contribution is 2.32. The van der Waals surface area contributed by atoms with Gasteiger partial charge in [-0.1, -0.05) is 6.07 Å². The summed E-state index contributed by atoms with van der Waals surface area (Å²) in [6.45, 7) is 0. The number of thioether (sulfide) groups is 1. The SMILES string of the molecule is N#Cc1cc(C2NC(C(=O)O)CCS2)ccc1F. The first-order chi connectivity index (χ1) is 8.61. The molecular formula is C12H11FN2O2S. The van der Waals surface area contributed by atoms with Gasteiger partial charge in [0.1, 0.15) is 17.9 Å². The van der Waals surface area contributed by atoms with Crippen molar-refractivity contribution in [2.45, 2.75) is 17.8 Å². The number of hydrogen-bond acceptors (Lipinski definition) is 4. The predicted octanol–water partition coefficient (Wildman–Crippen LogP) is 1.88. The van der Waals surface area contributed by atoms with Gasteiger partial charge in [-0.25, -0.2) is 4.39 Å². The maximum atomic E-state index is 13.2. The van der Waals surface area contributed by atoms with Gasteiger partial charge in [0.05, 0.1) is 10.9 Å². The minimum absolute atomic E-state index is 0.0210. The maximum Gasteiger partial charge on any atom is 0.320 e. The van der Waals surface area contributed by atoms with Crippen LogP contribution in [0.4, 0.5) is 4.39 Å². The Hall–Kier alpha value is -1.58. The number of carboxylic acid groups (broad SMARTS) is 1. The van der Waals surface area contributed by atoms with Gasteiger partial charge in [0.25, 0.3) is 0 Å². The molecule has 0 bridgehead atoms. The number of benzene rings is 1. The largest absolute Gasteiger partial charge is 0.480 e. The van der Waals surface area contributed by atoms with Crippen LogP contribution in [0.5, 0.6) is 0 Å². The van der Waals surface area contributed by atoms with Crippen molar-refractivity contribution in [2.75, 3.05) is 5.75 Å². The van der Waals surface area contributed by atoms with E-state index in [1.54, 1.807) is 23.9 Å². The normalized spacial score (nSPS) is 23.3. The van der Waals surface area contributed by atoms with Gasteiger partial charge in [-0.05, 0) is 29.9 Å². The summed E-state index contributed by atoms with van der Waals surface area (Å²) in [6, 6.07) is 5.46. The maximum absolute atomic E-state index is 13.2. The molecule has 0 aromatic heterocycles. The Kier molecular flexibility index (Phi) is 3.84. The summed E-state index contributed by atoms with van der Waals surface area (Å²) in [5, 5.41) is 20.5. The van der Waals surface area contributed by atoms with Gasteiger partial charge in [0, 0.05) is 0 Å². The third-order valence-electron chi connectivity index (χ3n) is 2.76. The van der Waals surface area contributed by atoms with Crippen molar-refractivity contribution < 1.29 is 14.3 Å². The van der Waals surface area contributed by atoms with E-state index in [-0.39, 0.29) is 10.9 Å². The summed E-state index contributed by atoms with van der Waals surface area (Å²) in [5.74, 6) is -0.728. The van der Waals surface area contributed by atoms with E-state index in [0.717, 1.165) is 5.56 Å². The number of nitriles is 1. The number of hydrogen-bond donors (Lipinski definition) is 2. The molecular weight excluding hydrogens is 255 g/mol. The molecule has 1 aliphatic heterocycles. The molecule has 0 saturated carbocycles. The van der Waals surface area contributed by atoms with Crippen LogP contribution in [0.2, 0.25) is 0 Å². The minimum Gasteiger partial charge on any atom is -0.480 e. The van der Waals surface area contributed by atoms with Crippen molar-refractivity contribution in [2.24, 2.45) is 0 Å². The number of carbonyl (C=O) groups is 1. The summed E-state index contributed by atoms with van der Waals surface area (Å²) >= 11 is 1.56. The molecule has 2 N–H and O–H groups in total. The van der Waals surface area contributed by atoms with Crippen LogP contribution < -0.4 is 5.32 Å². The third kappa shape index (κ3) is 2.63. The summed E-state index contributed by atoms with van der Waals surface area (Å²) in [7, 11) is 0. The van der Waals surface area contributed by atoms with Crippen molar-refractivity contribution in [3.63, 3.8) is 0 Å². The van der Waals surface area contributed by atoms with E-state index in [2.05, 4.69) is 5.32 Å². The van der Waals surface area contributed by atoms with E-state index >= 15 is 0 Å². The molecule has 2 unspecified atom stereocenters. The molecule has 1 fully saturated rings. The molecule has 1 aliphatic rings. The molecule has 0 aliphatic carbocycles. The first-order valence-electron chi connectivity index (χ1n) is 5.42. The first-order valence-corrected chi connectivity index (χ1v) is 6.46. The second-order valence-electron chi connectivity index (χ2n) is 3.95. The monoisotopic (exact) mass is 266 g/mol. The number of rotatable bonds is 2. The molecule has 18 heavy (non-hydrogen) atoms. The average Bonchev–Trinajstić information content (AvgIpc) is 2.39. The molecule has 6 heteroatoms. The Morgan fingerprint density at radius 2 is 2.39 bits per heavy atom. The van der Waals surface area contributed by atoms with E-state index in [9.17, 15) is 9.18 Å². The zero-order chi connectivity index (χ0) is 13.1. The zero-order valence-corrected chi connectivity index (χ0v) is 10.2. The van der Waals surface area contributed by atoms with E-state index in [1.165, 1.54) is 12.1 Å². The molecule has 1 aromatic carbocycles. The smallest absolute Gasteiger partial charge is 0.320 e. The lowest BCUT2D eigenvalue weighted by Gasteiger charge is -2.28. The van der Waals surface area contributed by atoms with Crippen molar-refractivity contribution in [3.05, 3.63) is 35.1 Å². The number of halogens is 1. The summed E-state index contributed by atoms with van der Waals surface area (Å²) in [4.78, 5) is 10.9. The highest BCUT2D eigenvalue weighted by Gasteiger charge is 2.27. The fourth-order valence-corrected chi connectivity index (χ4v) is 3.00. The minimum atomic E-state index is -0.886. The molecule has 0 radical (unpaired) electrons. The Morgan fingerprint density at radius 3 is 3.06 bits per heavy atom. The van der Waals surface area contributed by atoms with Crippen molar-refractivity contribution in [1.82, 2.24) is 5.32 Å². The summed E-state index contributed by atoms with van der Waals surface area (Å²) < 4.78 is 13.2. The van der Waals surface area contributed by atoms with Gasteiger partial charge in [-0.2, -0.15) is 5.26 Å². The van der Waals surface area contributed by atoms with Gasteiger partial charge in [0.2, 0.25) is 0 Å². The van der Waals surface area contributed by atoms with Gasteiger partial charge < -0.3 is 5.11 Å². The number of aliphatic carboxylic acids is 1. The molecule has 1 saturated heterocycles. The molecule has 4 nitrogen and oxygen atoms in total. The van der Waals surface area contributed by atoms with Gasteiger partial charge in [0.15, 0.2) is 0 Å². The molecule has 2 rings (SSSR count). The van der Waals surface area contributed by atoms with Crippen LogP contribution in [-0.2, 0) is 4.79 Å². The molecule has 94 valence electrons. The van der Waals surface area contributed by atoms with Gasteiger partial charge in [-0.15, -0.1) is 11.8 Å². The number of nitrogens with zero attached hydrogens (tertiary/aromatic N) is 1. The average molecular weight is 266 g/mol. The lowest BCUT2D eigenvalue weighted by Crippen LogP contribution is -2.41. The summed E-state index contributed by atoms with van der Waals surface area (Å²) in [6.07, 6.45) is 0.558. The van der Waals surface area contributed by atoms with Gasteiger partial charge >= 0.3 is 5.97 Å². The lowest BCUT2D eigenvalue weighted by molar-refractivity contribution is -0.139. The second-order valence-corrected chi connectivity index (χ2v) is 5.16. The fraction of sp³-hybridized carbons (Fsp3) is 0.333. The molecule has 0 amide bonds. The molecule has 0 spiro atoms. The van der Waals surface area contributed by atoms with Crippen molar-refractivity contribution in [3.8, 4) is 6.07 Å². The van der Waals surface area contributed by atoms with Crippen LogP contribution in [0.1, 0.15) is 22.9 Å². The standard InChI is InChI=1S/C12H11FN2O2S/c13-9-2-1-7(5-8(9)6-14)11-15-10(12(16)17)3-4-18-11/h1-2,5,10-11,15H,3-4H2,(H,16,17). The van der Waals surface area contributed by atoms with Crippen molar-refractivity contribution in [1.29, 1.82) is 5.26 Å². The second kappa shape index (κ2) is 5.38. The zero-order valence-electron chi connectivity index (χ0n) is 9.39. The topological polar surface area (TPSA) is 73.1 Å².